The molecule has 1 aromatic carbocycles. The average molecular weight is 297 g/mol. The van der Waals surface area contributed by atoms with Crippen molar-refractivity contribution in [2.75, 3.05) is 19.4 Å². The summed E-state index contributed by atoms with van der Waals surface area (Å²) in [6.45, 7) is 0.689. The van der Waals surface area contributed by atoms with Crippen LogP contribution in [0.15, 0.2) is 12.1 Å². The number of hydrogen-bond donors (Lipinski definition) is 2. The number of hydrogen-bond acceptors (Lipinski definition) is 3. The number of nitrogen functional groups attached to an aromatic ring is 1. The fourth-order valence-electron chi connectivity index (χ4n) is 2.70. The van der Waals surface area contributed by atoms with E-state index in [0.29, 0.717) is 28.6 Å². The minimum atomic E-state index is -0.165. The maximum atomic E-state index is 12.2. The third-order valence-electron chi connectivity index (χ3n) is 3.88. The third kappa shape index (κ3) is 3.57. The van der Waals surface area contributed by atoms with Crippen LogP contribution < -0.4 is 15.8 Å². The van der Waals surface area contributed by atoms with Crippen molar-refractivity contribution in [3.8, 4) is 5.75 Å². The first kappa shape index (κ1) is 15.0. The second-order valence-electron chi connectivity index (χ2n) is 5.27. The molecule has 0 atom stereocenters. The van der Waals surface area contributed by atoms with E-state index in [2.05, 4.69) is 5.32 Å². The van der Waals surface area contributed by atoms with E-state index in [9.17, 15) is 4.79 Å². The zero-order valence-corrected chi connectivity index (χ0v) is 12.5. The molecule has 0 spiro atoms. The fraction of sp³-hybridized carbons (Fsp3) is 0.533. The highest BCUT2D eigenvalue weighted by Gasteiger charge is 2.17. The van der Waals surface area contributed by atoms with Crippen LogP contribution >= 0.6 is 11.6 Å². The van der Waals surface area contributed by atoms with Crippen molar-refractivity contribution in [1.82, 2.24) is 5.32 Å². The molecule has 0 bridgehead atoms. The summed E-state index contributed by atoms with van der Waals surface area (Å²) in [5, 5.41) is 3.30. The monoisotopic (exact) mass is 296 g/mol. The molecule has 1 aliphatic rings. The Kier molecular flexibility index (Phi) is 5.12. The highest BCUT2D eigenvalue weighted by Crippen LogP contribution is 2.29. The van der Waals surface area contributed by atoms with E-state index >= 15 is 0 Å². The van der Waals surface area contributed by atoms with Gasteiger partial charge in [-0.25, -0.2) is 0 Å². The molecule has 4 nitrogen and oxygen atoms in total. The molecule has 0 saturated heterocycles. The smallest absolute Gasteiger partial charge is 0.255 e. The van der Waals surface area contributed by atoms with Gasteiger partial charge in [0, 0.05) is 12.6 Å². The van der Waals surface area contributed by atoms with Crippen molar-refractivity contribution in [3.63, 3.8) is 0 Å². The Balaban J connectivity index is 1.95. The van der Waals surface area contributed by atoms with Gasteiger partial charge in [0.25, 0.3) is 5.91 Å². The highest BCUT2D eigenvalue weighted by atomic mass is 35.5. The van der Waals surface area contributed by atoms with Crippen LogP contribution in [0.4, 0.5) is 5.69 Å². The zero-order valence-electron chi connectivity index (χ0n) is 11.7. The third-order valence-corrected chi connectivity index (χ3v) is 4.20. The SMILES string of the molecule is COc1cc(N)c(Cl)cc1C(=O)NCCC1CCCC1. The van der Waals surface area contributed by atoms with Crippen LogP contribution in [0.1, 0.15) is 42.5 Å². The van der Waals surface area contributed by atoms with Gasteiger partial charge in [-0.2, -0.15) is 0 Å². The molecular weight excluding hydrogens is 276 g/mol. The Morgan fingerprint density at radius 2 is 2.15 bits per heavy atom. The summed E-state index contributed by atoms with van der Waals surface area (Å²) in [4.78, 5) is 12.2. The molecule has 1 fully saturated rings. The van der Waals surface area contributed by atoms with E-state index in [1.807, 2.05) is 0 Å². The number of benzene rings is 1. The van der Waals surface area contributed by atoms with Crippen molar-refractivity contribution in [2.45, 2.75) is 32.1 Å². The summed E-state index contributed by atoms with van der Waals surface area (Å²) >= 11 is 5.96. The Labute approximate surface area is 124 Å². The molecule has 1 aromatic rings. The summed E-state index contributed by atoms with van der Waals surface area (Å²) in [6.07, 6.45) is 6.25. The highest BCUT2D eigenvalue weighted by molar-refractivity contribution is 6.33. The molecule has 1 amide bonds. The first-order valence-electron chi connectivity index (χ1n) is 7.03. The van der Waals surface area contributed by atoms with Gasteiger partial charge in [-0.1, -0.05) is 37.3 Å². The van der Waals surface area contributed by atoms with Crippen LogP contribution in [-0.4, -0.2) is 19.6 Å². The minimum Gasteiger partial charge on any atom is -0.496 e. The lowest BCUT2D eigenvalue weighted by molar-refractivity contribution is 0.0948. The van der Waals surface area contributed by atoms with Gasteiger partial charge < -0.3 is 15.8 Å². The number of carbonyl (C=O) groups excluding carboxylic acids is 1. The van der Waals surface area contributed by atoms with Crippen LogP contribution in [0.5, 0.6) is 5.75 Å². The summed E-state index contributed by atoms with van der Waals surface area (Å²) in [5.41, 5.74) is 6.54. The molecule has 2 rings (SSSR count). The summed E-state index contributed by atoms with van der Waals surface area (Å²) < 4.78 is 5.18. The van der Waals surface area contributed by atoms with E-state index in [-0.39, 0.29) is 5.91 Å². The number of anilines is 1. The molecular formula is C15H21ClN2O2. The van der Waals surface area contributed by atoms with Gasteiger partial charge in [-0.05, 0) is 18.4 Å². The number of nitrogens with one attached hydrogen (secondary N) is 1. The number of rotatable bonds is 5. The minimum absolute atomic E-state index is 0.165. The van der Waals surface area contributed by atoms with E-state index < -0.39 is 0 Å². The number of ether oxygens (including phenoxy) is 1. The van der Waals surface area contributed by atoms with Crippen molar-refractivity contribution in [3.05, 3.63) is 22.7 Å². The number of carbonyl (C=O) groups is 1. The van der Waals surface area contributed by atoms with Crippen LogP contribution in [-0.2, 0) is 0 Å². The summed E-state index contributed by atoms with van der Waals surface area (Å²) in [6, 6.07) is 3.13. The number of methoxy groups -OCH3 is 1. The molecule has 0 heterocycles. The van der Waals surface area contributed by atoms with Gasteiger partial charge in [0.15, 0.2) is 0 Å². The maximum Gasteiger partial charge on any atom is 0.255 e. The molecule has 0 unspecified atom stereocenters. The van der Waals surface area contributed by atoms with Crippen LogP contribution in [0.25, 0.3) is 0 Å². The van der Waals surface area contributed by atoms with Crippen LogP contribution in [0, 0.1) is 5.92 Å². The number of nitrogens with two attached hydrogens (primary N) is 1. The Bertz CT molecular complexity index is 485. The van der Waals surface area contributed by atoms with Crippen molar-refractivity contribution < 1.29 is 9.53 Å². The lowest BCUT2D eigenvalue weighted by Gasteiger charge is -2.13. The largest absolute Gasteiger partial charge is 0.496 e. The molecule has 3 N–H and O–H groups in total. The quantitative estimate of drug-likeness (QED) is 0.820. The van der Waals surface area contributed by atoms with Crippen LogP contribution in [0.3, 0.4) is 0 Å². The Morgan fingerprint density at radius 3 is 2.80 bits per heavy atom. The number of amides is 1. The second-order valence-corrected chi connectivity index (χ2v) is 5.68. The van der Waals surface area contributed by atoms with Gasteiger partial charge in [-0.15, -0.1) is 0 Å². The molecule has 0 aromatic heterocycles. The molecule has 1 aliphatic carbocycles. The lowest BCUT2D eigenvalue weighted by Crippen LogP contribution is -2.26. The first-order valence-corrected chi connectivity index (χ1v) is 7.41. The molecule has 0 aliphatic heterocycles. The second kappa shape index (κ2) is 6.84. The first-order chi connectivity index (χ1) is 9.61. The predicted molar refractivity (Wildman–Crippen MR) is 81.3 cm³/mol. The van der Waals surface area contributed by atoms with E-state index in [4.69, 9.17) is 22.1 Å². The van der Waals surface area contributed by atoms with E-state index in [1.165, 1.54) is 32.8 Å². The normalized spacial score (nSPS) is 15.3. The number of halogens is 1. The molecule has 0 radical (unpaired) electrons. The van der Waals surface area contributed by atoms with Crippen LogP contribution in [0.2, 0.25) is 5.02 Å². The predicted octanol–water partition coefficient (Wildman–Crippen LogP) is 3.24. The fourth-order valence-corrected chi connectivity index (χ4v) is 2.86. The zero-order chi connectivity index (χ0) is 14.5. The molecule has 5 heteroatoms. The molecule has 20 heavy (non-hydrogen) atoms. The van der Waals surface area contributed by atoms with E-state index in [0.717, 1.165) is 12.3 Å². The molecule has 110 valence electrons. The van der Waals surface area contributed by atoms with Crippen molar-refractivity contribution >= 4 is 23.2 Å². The molecule has 1 saturated carbocycles. The Morgan fingerprint density at radius 1 is 1.45 bits per heavy atom. The van der Waals surface area contributed by atoms with Gasteiger partial charge in [0.2, 0.25) is 0 Å². The summed E-state index contributed by atoms with van der Waals surface area (Å²) in [7, 11) is 1.51. The maximum absolute atomic E-state index is 12.2. The Hall–Kier alpha value is -1.42. The topological polar surface area (TPSA) is 64.3 Å². The lowest BCUT2D eigenvalue weighted by atomic mass is 10.0. The average Bonchev–Trinajstić information content (AvgIpc) is 2.94. The van der Waals surface area contributed by atoms with Gasteiger partial charge in [0.1, 0.15) is 5.75 Å². The van der Waals surface area contributed by atoms with Crippen molar-refractivity contribution in [1.29, 1.82) is 0 Å². The van der Waals surface area contributed by atoms with Gasteiger partial charge in [-0.3, -0.25) is 4.79 Å². The van der Waals surface area contributed by atoms with E-state index in [1.54, 1.807) is 12.1 Å². The standard InChI is InChI=1S/C15H21ClN2O2/c1-20-14-9-13(17)12(16)8-11(14)15(19)18-7-6-10-4-2-3-5-10/h8-10H,2-7,17H2,1H3,(H,18,19). The van der Waals surface area contributed by atoms with Gasteiger partial charge in [0.05, 0.1) is 23.4 Å². The summed E-state index contributed by atoms with van der Waals surface area (Å²) in [5.74, 6) is 1.04. The van der Waals surface area contributed by atoms with Gasteiger partial charge >= 0.3 is 0 Å². The van der Waals surface area contributed by atoms with Crippen molar-refractivity contribution in [2.24, 2.45) is 5.92 Å².